The Hall–Kier alpha value is -2.68. The Morgan fingerprint density at radius 1 is 1.14 bits per heavy atom. The van der Waals surface area contributed by atoms with E-state index in [1.165, 1.54) is 36.3 Å². The Balaban J connectivity index is 1.80. The van der Waals surface area contributed by atoms with Crippen molar-refractivity contribution in [1.29, 1.82) is 0 Å². The Morgan fingerprint density at radius 2 is 1.81 bits per heavy atom. The van der Waals surface area contributed by atoms with Gasteiger partial charge in [0, 0.05) is 31.4 Å². The zero-order valence-corrected chi connectivity index (χ0v) is 21.4. The number of amides is 1. The van der Waals surface area contributed by atoms with Gasteiger partial charge in [0.05, 0.1) is 28.1 Å². The van der Waals surface area contributed by atoms with Gasteiger partial charge >= 0.3 is 6.18 Å². The highest BCUT2D eigenvalue weighted by Crippen LogP contribution is 2.41. The number of nitrogens with zero attached hydrogens (tertiary/aromatic N) is 2. The van der Waals surface area contributed by atoms with Crippen LogP contribution in [0.25, 0.3) is 6.08 Å². The molecular formula is C25H19BCl3F3N2O2. The molecule has 0 aliphatic rings. The first-order valence-corrected chi connectivity index (χ1v) is 11.6. The number of benzene rings is 2. The second-order valence-electron chi connectivity index (χ2n) is 7.89. The van der Waals surface area contributed by atoms with E-state index in [1.54, 1.807) is 25.4 Å². The molecule has 0 bridgehead atoms. The molecule has 4 nitrogen and oxygen atoms in total. The maximum absolute atomic E-state index is 13.8. The molecule has 3 rings (SSSR count). The Kier molecular flexibility index (Phi) is 8.98. The van der Waals surface area contributed by atoms with Gasteiger partial charge in [0.25, 0.3) is 5.91 Å². The van der Waals surface area contributed by atoms with Crippen LogP contribution in [-0.4, -0.2) is 44.0 Å². The average molecular weight is 554 g/mol. The number of hydrogen-bond acceptors (Lipinski definition) is 3. The standard InChI is InChI=1S/C25H19BCl3F3N2O2/c1-34(13-15-5-8-22(36-2)33-12-15)24(35)17-6-3-14(9-19(17)26)4-7-18(25(30,31)32)16-10-20(27)23(29)21(28)11-16/h3-12,18H,13H2,1-2H3. The molecule has 0 spiro atoms. The Morgan fingerprint density at radius 3 is 2.33 bits per heavy atom. The van der Waals surface area contributed by atoms with Crippen LogP contribution in [0.3, 0.4) is 0 Å². The molecule has 0 fully saturated rings. The van der Waals surface area contributed by atoms with Gasteiger partial charge in [-0.1, -0.05) is 70.6 Å². The van der Waals surface area contributed by atoms with Crippen molar-refractivity contribution in [3.63, 3.8) is 0 Å². The Bertz CT molecular complexity index is 1260. The smallest absolute Gasteiger partial charge is 0.399 e. The normalized spacial score (nSPS) is 12.6. The molecule has 0 aliphatic heterocycles. The topological polar surface area (TPSA) is 42.4 Å². The van der Waals surface area contributed by atoms with E-state index >= 15 is 0 Å². The first-order valence-electron chi connectivity index (χ1n) is 10.4. The molecule has 1 aromatic heterocycles. The third-order valence-corrected chi connectivity index (χ3v) is 6.48. The summed E-state index contributed by atoms with van der Waals surface area (Å²) in [6.45, 7) is 0.274. The van der Waals surface area contributed by atoms with Gasteiger partial charge in [0.2, 0.25) is 5.88 Å². The molecule has 1 amide bonds. The maximum Gasteiger partial charge on any atom is 0.399 e. The first-order chi connectivity index (χ1) is 16.9. The second-order valence-corrected chi connectivity index (χ2v) is 9.09. The lowest BCUT2D eigenvalue weighted by atomic mass is 9.87. The van der Waals surface area contributed by atoms with Crippen LogP contribution in [0.2, 0.25) is 15.1 Å². The van der Waals surface area contributed by atoms with Crippen LogP contribution in [-0.2, 0) is 6.54 Å². The fourth-order valence-corrected chi connectivity index (χ4v) is 4.04. The number of aromatic nitrogens is 1. The fraction of sp³-hybridized carbons (Fsp3) is 0.200. The van der Waals surface area contributed by atoms with Crippen molar-refractivity contribution in [3.8, 4) is 5.88 Å². The lowest BCUT2D eigenvalue weighted by molar-refractivity contribution is -0.139. The third kappa shape index (κ3) is 6.75. The minimum Gasteiger partial charge on any atom is -0.481 e. The van der Waals surface area contributed by atoms with E-state index in [4.69, 9.17) is 47.4 Å². The summed E-state index contributed by atoms with van der Waals surface area (Å²) in [5, 5.41) is -0.180. The van der Waals surface area contributed by atoms with Gasteiger partial charge in [0.1, 0.15) is 7.85 Å². The predicted molar refractivity (Wildman–Crippen MR) is 138 cm³/mol. The van der Waals surface area contributed by atoms with Gasteiger partial charge in [0.15, 0.2) is 0 Å². The molecular weight excluding hydrogens is 534 g/mol. The number of carbonyl (C=O) groups is 1. The Labute approximate surface area is 223 Å². The average Bonchev–Trinajstić information content (AvgIpc) is 2.82. The van der Waals surface area contributed by atoms with Crippen molar-refractivity contribution >= 4 is 60.1 Å². The summed E-state index contributed by atoms with van der Waals surface area (Å²) in [7, 11) is 9.18. The summed E-state index contributed by atoms with van der Waals surface area (Å²) in [5.41, 5.74) is 1.35. The van der Waals surface area contributed by atoms with Crippen molar-refractivity contribution in [3.05, 3.63) is 92.1 Å². The third-order valence-electron chi connectivity index (χ3n) is 5.28. The van der Waals surface area contributed by atoms with E-state index in [0.717, 1.165) is 23.8 Å². The van der Waals surface area contributed by atoms with Crippen LogP contribution < -0.4 is 10.2 Å². The van der Waals surface area contributed by atoms with Gasteiger partial charge < -0.3 is 9.64 Å². The lowest BCUT2D eigenvalue weighted by Crippen LogP contribution is -2.30. The van der Waals surface area contributed by atoms with E-state index in [1.807, 2.05) is 0 Å². The summed E-state index contributed by atoms with van der Waals surface area (Å²) < 4.78 is 46.3. The zero-order chi connectivity index (χ0) is 26.6. The van der Waals surface area contributed by atoms with Gasteiger partial charge in [-0.2, -0.15) is 13.2 Å². The molecule has 0 N–H and O–H groups in total. The zero-order valence-electron chi connectivity index (χ0n) is 19.1. The molecule has 1 unspecified atom stereocenters. The molecule has 0 saturated carbocycles. The van der Waals surface area contributed by atoms with Crippen molar-refractivity contribution in [2.24, 2.45) is 0 Å². The van der Waals surface area contributed by atoms with Gasteiger partial charge in [-0.15, -0.1) is 0 Å². The number of carbonyl (C=O) groups excluding carboxylic acids is 1. The van der Waals surface area contributed by atoms with E-state index in [9.17, 15) is 18.0 Å². The molecule has 11 heteroatoms. The summed E-state index contributed by atoms with van der Waals surface area (Å²) in [6.07, 6.45) is -0.781. The SMILES string of the molecule is [B]c1cc(C=CC(c2cc(Cl)c(Cl)c(Cl)c2)C(F)(F)F)ccc1C(=O)N(C)Cc1ccc(OC)nc1. The number of methoxy groups -OCH3 is 1. The molecule has 2 radical (unpaired) electrons. The fourth-order valence-electron chi connectivity index (χ4n) is 3.43. The van der Waals surface area contributed by atoms with Gasteiger partial charge in [-0.25, -0.2) is 4.98 Å². The predicted octanol–water partition coefficient (Wildman–Crippen LogP) is 6.48. The van der Waals surface area contributed by atoms with E-state index in [-0.39, 0.29) is 44.1 Å². The van der Waals surface area contributed by atoms with E-state index in [2.05, 4.69) is 4.98 Å². The van der Waals surface area contributed by atoms with Gasteiger partial charge in [-0.3, -0.25) is 4.79 Å². The number of halogens is 6. The largest absolute Gasteiger partial charge is 0.481 e. The summed E-state index contributed by atoms with van der Waals surface area (Å²) in [5.74, 6) is -1.88. The van der Waals surface area contributed by atoms with Crippen molar-refractivity contribution < 1.29 is 22.7 Å². The van der Waals surface area contributed by atoms with Crippen LogP contribution >= 0.6 is 34.8 Å². The van der Waals surface area contributed by atoms with Crippen LogP contribution in [0.15, 0.2) is 54.7 Å². The molecule has 186 valence electrons. The molecule has 1 heterocycles. The molecule has 0 aliphatic carbocycles. The lowest BCUT2D eigenvalue weighted by Gasteiger charge is -2.19. The first kappa shape index (κ1) is 27.9. The maximum atomic E-state index is 13.8. The van der Waals surface area contributed by atoms with Crippen LogP contribution in [0.1, 0.15) is 33.0 Å². The van der Waals surface area contributed by atoms with E-state index in [0.29, 0.717) is 11.4 Å². The summed E-state index contributed by atoms with van der Waals surface area (Å²) in [6, 6.07) is 10.1. The van der Waals surface area contributed by atoms with Crippen LogP contribution in [0.5, 0.6) is 5.88 Å². The number of rotatable bonds is 7. The highest BCUT2D eigenvalue weighted by Gasteiger charge is 2.39. The molecule has 36 heavy (non-hydrogen) atoms. The molecule has 0 saturated heterocycles. The second kappa shape index (κ2) is 11.6. The quantitative estimate of drug-likeness (QED) is 0.249. The number of alkyl halides is 3. The molecule has 2 aromatic carbocycles. The van der Waals surface area contributed by atoms with Crippen LogP contribution in [0.4, 0.5) is 13.2 Å². The van der Waals surface area contributed by atoms with Crippen LogP contribution in [0, 0.1) is 0 Å². The van der Waals surface area contributed by atoms with E-state index < -0.39 is 12.1 Å². The van der Waals surface area contributed by atoms with Crippen molar-refractivity contribution in [1.82, 2.24) is 9.88 Å². The number of pyridine rings is 1. The number of hydrogen-bond donors (Lipinski definition) is 0. The van der Waals surface area contributed by atoms with Crippen molar-refractivity contribution in [2.75, 3.05) is 14.2 Å². The highest BCUT2D eigenvalue weighted by atomic mass is 35.5. The van der Waals surface area contributed by atoms with Crippen molar-refractivity contribution in [2.45, 2.75) is 18.6 Å². The minimum atomic E-state index is -4.61. The number of allylic oxidation sites excluding steroid dienone is 1. The summed E-state index contributed by atoms with van der Waals surface area (Å²) in [4.78, 5) is 18.4. The minimum absolute atomic E-state index is 0.0201. The van der Waals surface area contributed by atoms with Gasteiger partial charge in [-0.05, 0) is 34.9 Å². The molecule has 3 aromatic rings. The number of ether oxygens (including phenoxy) is 1. The monoisotopic (exact) mass is 552 g/mol. The summed E-state index contributed by atoms with van der Waals surface area (Å²) >= 11 is 17.7. The highest BCUT2D eigenvalue weighted by molar-refractivity contribution is 6.48. The molecule has 1 atom stereocenters.